The van der Waals surface area contributed by atoms with Crippen molar-refractivity contribution in [2.45, 2.75) is 45.4 Å². The summed E-state index contributed by atoms with van der Waals surface area (Å²) in [6.07, 6.45) is 7.71. The van der Waals surface area contributed by atoms with Crippen LogP contribution >= 0.6 is 0 Å². The van der Waals surface area contributed by atoms with E-state index in [1.54, 1.807) is 0 Å². The summed E-state index contributed by atoms with van der Waals surface area (Å²) < 4.78 is 5.32. The van der Waals surface area contributed by atoms with E-state index in [4.69, 9.17) is 4.74 Å². The molecule has 102 valence electrons. The molecule has 18 heavy (non-hydrogen) atoms. The first kappa shape index (κ1) is 12.5. The van der Waals surface area contributed by atoms with Crippen LogP contribution in [0.1, 0.15) is 45.4 Å². The second-order valence-corrected chi connectivity index (χ2v) is 6.61. The maximum absolute atomic E-state index is 12.2. The fourth-order valence-corrected chi connectivity index (χ4v) is 3.92. The molecule has 0 N–H and O–H groups in total. The summed E-state index contributed by atoms with van der Waals surface area (Å²) >= 11 is 0. The number of carbonyl (C=O) groups excluding carboxylic acids is 1. The molecule has 0 radical (unpaired) electrons. The van der Waals surface area contributed by atoms with E-state index >= 15 is 0 Å². The molecule has 1 aliphatic carbocycles. The molecule has 3 heteroatoms. The Kier molecular flexibility index (Phi) is 3.35. The molecule has 3 fully saturated rings. The first-order chi connectivity index (χ1) is 8.72. The Balaban J connectivity index is 1.49. The van der Waals surface area contributed by atoms with E-state index < -0.39 is 0 Å². The molecule has 2 heterocycles. The predicted octanol–water partition coefficient (Wildman–Crippen LogP) is 2.45. The van der Waals surface area contributed by atoms with Crippen LogP contribution in [0, 0.1) is 17.3 Å². The molecule has 1 unspecified atom stereocenters. The third kappa shape index (κ3) is 2.18. The predicted molar refractivity (Wildman–Crippen MR) is 70.2 cm³/mol. The molecule has 0 aromatic heterocycles. The number of ether oxygens (including phenoxy) is 1. The number of likely N-dealkylation sites (tertiary alicyclic amines) is 1. The van der Waals surface area contributed by atoms with Crippen molar-refractivity contribution >= 4 is 5.91 Å². The summed E-state index contributed by atoms with van der Waals surface area (Å²) in [7, 11) is 0. The van der Waals surface area contributed by atoms with E-state index in [1.807, 2.05) is 0 Å². The van der Waals surface area contributed by atoms with Gasteiger partial charge in [-0.3, -0.25) is 4.79 Å². The maximum atomic E-state index is 12.2. The molecule has 1 amide bonds. The molecule has 0 aromatic rings. The molecule has 3 rings (SSSR count). The molecule has 2 aliphatic heterocycles. The van der Waals surface area contributed by atoms with Crippen LogP contribution in [0.2, 0.25) is 0 Å². The van der Waals surface area contributed by atoms with E-state index in [9.17, 15) is 4.79 Å². The number of amides is 1. The lowest BCUT2D eigenvalue weighted by atomic mass is 9.65. The molecular formula is C15H25NO2. The van der Waals surface area contributed by atoms with Crippen LogP contribution in [0.5, 0.6) is 0 Å². The van der Waals surface area contributed by atoms with Gasteiger partial charge in [0.2, 0.25) is 5.91 Å². The van der Waals surface area contributed by atoms with Crippen LogP contribution in [0.15, 0.2) is 0 Å². The standard InChI is InChI=1S/C15H25NO2/c1-2-12-3-6-15(7-4-12)10-16(11-15)14(17)13-5-8-18-9-13/h12-13H,2-11H2,1H3. The highest BCUT2D eigenvalue weighted by Crippen LogP contribution is 2.46. The molecule has 1 atom stereocenters. The van der Waals surface area contributed by atoms with Gasteiger partial charge in [-0.2, -0.15) is 0 Å². The van der Waals surface area contributed by atoms with Crippen molar-refractivity contribution in [1.82, 2.24) is 4.90 Å². The zero-order valence-electron chi connectivity index (χ0n) is 11.5. The zero-order chi connectivity index (χ0) is 12.6. The highest BCUT2D eigenvalue weighted by Gasteiger charge is 2.47. The number of rotatable bonds is 2. The average Bonchev–Trinajstić information content (AvgIpc) is 2.89. The summed E-state index contributed by atoms with van der Waals surface area (Å²) in [5.74, 6) is 1.47. The van der Waals surface area contributed by atoms with Crippen molar-refractivity contribution in [1.29, 1.82) is 0 Å². The third-order valence-corrected chi connectivity index (χ3v) is 5.39. The molecular weight excluding hydrogens is 226 g/mol. The van der Waals surface area contributed by atoms with Crippen LogP contribution in [0.3, 0.4) is 0 Å². The first-order valence-corrected chi connectivity index (χ1v) is 7.59. The molecule has 3 aliphatic rings. The van der Waals surface area contributed by atoms with Crippen LogP contribution in [-0.4, -0.2) is 37.1 Å². The van der Waals surface area contributed by atoms with Crippen molar-refractivity contribution in [3.63, 3.8) is 0 Å². The molecule has 1 spiro atoms. The first-order valence-electron chi connectivity index (χ1n) is 7.59. The van der Waals surface area contributed by atoms with Crippen molar-refractivity contribution in [3.8, 4) is 0 Å². The lowest BCUT2D eigenvalue weighted by molar-refractivity contribution is -0.150. The Labute approximate surface area is 110 Å². The Morgan fingerprint density at radius 2 is 2.00 bits per heavy atom. The smallest absolute Gasteiger partial charge is 0.228 e. The van der Waals surface area contributed by atoms with Crippen molar-refractivity contribution in [2.75, 3.05) is 26.3 Å². The van der Waals surface area contributed by atoms with Gasteiger partial charge >= 0.3 is 0 Å². The van der Waals surface area contributed by atoms with Gasteiger partial charge in [0.05, 0.1) is 12.5 Å². The minimum Gasteiger partial charge on any atom is -0.381 e. The Hall–Kier alpha value is -0.570. The van der Waals surface area contributed by atoms with Gasteiger partial charge in [0.15, 0.2) is 0 Å². The van der Waals surface area contributed by atoms with Gasteiger partial charge in [0.1, 0.15) is 0 Å². The highest BCUT2D eigenvalue weighted by atomic mass is 16.5. The van der Waals surface area contributed by atoms with Crippen LogP contribution in [0.25, 0.3) is 0 Å². The van der Waals surface area contributed by atoms with E-state index in [2.05, 4.69) is 11.8 Å². The lowest BCUT2D eigenvalue weighted by Gasteiger charge is -2.54. The summed E-state index contributed by atoms with van der Waals surface area (Å²) in [4.78, 5) is 14.3. The topological polar surface area (TPSA) is 29.5 Å². The Morgan fingerprint density at radius 1 is 1.28 bits per heavy atom. The molecule has 3 nitrogen and oxygen atoms in total. The Bertz CT molecular complexity index is 306. The van der Waals surface area contributed by atoms with Gasteiger partial charge in [-0.25, -0.2) is 0 Å². The maximum Gasteiger partial charge on any atom is 0.228 e. The van der Waals surface area contributed by atoms with E-state index in [1.165, 1.54) is 32.1 Å². The van der Waals surface area contributed by atoms with Gasteiger partial charge in [0.25, 0.3) is 0 Å². The summed E-state index contributed by atoms with van der Waals surface area (Å²) in [5.41, 5.74) is 0.501. The molecule has 0 aromatic carbocycles. The average molecular weight is 251 g/mol. The Morgan fingerprint density at radius 3 is 2.56 bits per heavy atom. The number of hydrogen-bond donors (Lipinski definition) is 0. The number of carbonyl (C=O) groups is 1. The fraction of sp³-hybridized carbons (Fsp3) is 0.933. The molecule has 0 bridgehead atoms. The fourth-order valence-electron chi connectivity index (χ4n) is 3.92. The normalized spacial score (nSPS) is 31.6. The number of hydrogen-bond acceptors (Lipinski definition) is 2. The third-order valence-electron chi connectivity index (χ3n) is 5.39. The number of nitrogens with zero attached hydrogens (tertiary/aromatic N) is 1. The van der Waals surface area contributed by atoms with Gasteiger partial charge in [-0.1, -0.05) is 13.3 Å². The SMILES string of the molecule is CCC1CCC2(CC1)CN(C(=O)C1CCOC1)C2. The van der Waals surface area contributed by atoms with Gasteiger partial charge in [-0.05, 0) is 38.0 Å². The minimum atomic E-state index is 0.161. The largest absolute Gasteiger partial charge is 0.381 e. The molecule has 1 saturated carbocycles. The van der Waals surface area contributed by atoms with Gasteiger partial charge < -0.3 is 9.64 Å². The zero-order valence-corrected chi connectivity index (χ0v) is 11.5. The van der Waals surface area contributed by atoms with Gasteiger partial charge in [0, 0.05) is 25.1 Å². The van der Waals surface area contributed by atoms with Crippen molar-refractivity contribution < 1.29 is 9.53 Å². The second-order valence-electron chi connectivity index (χ2n) is 6.61. The van der Waals surface area contributed by atoms with E-state index in [0.29, 0.717) is 17.9 Å². The summed E-state index contributed by atoms with van der Waals surface area (Å²) in [6, 6.07) is 0. The molecule has 2 saturated heterocycles. The lowest BCUT2D eigenvalue weighted by Crippen LogP contribution is -2.60. The highest BCUT2D eigenvalue weighted by molar-refractivity contribution is 5.80. The van der Waals surface area contributed by atoms with Gasteiger partial charge in [-0.15, -0.1) is 0 Å². The van der Waals surface area contributed by atoms with Crippen LogP contribution in [0.4, 0.5) is 0 Å². The van der Waals surface area contributed by atoms with E-state index in [-0.39, 0.29) is 5.92 Å². The quantitative estimate of drug-likeness (QED) is 0.754. The van der Waals surface area contributed by atoms with E-state index in [0.717, 1.165) is 32.0 Å². The minimum absolute atomic E-state index is 0.161. The second kappa shape index (κ2) is 4.84. The summed E-state index contributed by atoms with van der Waals surface area (Å²) in [6.45, 7) is 5.78. The van der Waals surface area contributed by atoms with Crippen molar-refractivity contribution in [3.05, 3.63) is 0 Å². The van der Waals surface area contributed by atoms with Crippen molar-refractivity contribution in [2.24, 2.45) is 17.3 Å². The summed E-state index contributed by atoms with van der Waals surface area (Å²) in [5, 5.41) is 0. The van der Waals surface area contributed by atoms with Crippen LogP contribution in [-0.2, 0) is 9.53 Å². The monoisotopic (exact) mass is 251 g/mol. The van der Waals surface area contributed by atoms with Crippen LogP contribution < -0.4 is 0 Å².